The van der Waals surface area contributed by atoms with Gasteiger partial charge in [0.2, 0.25) is 0 Å². The maximum atomic E-state index is 13.4. The summed E-state index contributed by atoms with van der Waals surface area (Å²) in [6.45, 7) is 1.44. The van der Waals surface area contributed by atoms with Gasteiger partial charge in [-0.2, -0.15) is 13.2 Å². The molecule has 0 radical (unpaired) electrons. The van der Waals surface area contributed by atoms with Gasteiger partial charge in [-0.1, -0.05) is 36.4 Å². The molecule has 2 aromatic carbocycles. The van der Waals surface area contributed by atoms with Crippen molar-refractivity contribution in [2.75, 3.05) is 6.61 Å². The van der Waals surface area contributed by atoms with Crippen molar-refractivity contribution in [2.45, 2.75) is 51.5 Å². The summed E-state index contributed by atoms with van der Waals surface area (Å²) >= 11 is 0. The SMILES string of the molecule is CCOC(=O)c1c(CN(C(=O)C(F)(F)F)C2CCC2)c2ccccc2n1Cc1ccccc1O. The number of alkyl halides is 3. The van der Waals surface area contributed by atoms with Crippen LogP contribution in [0.15, 0.2) is 48.5 Å². The molecule has 1 amide bonds. The maximum absolute atomic E-state index is 13.4. The standard InChI is InChI=1S/C25H25F3N2O4/c1-2-34-23(32)22-19(15-29(17-9-7-10-17)24(33)25(26,27)28)18-11-4-5-12-20(18)30(22)14-16-8-3-6-13-21(16)31/h3-6,8,11-13,17,31H,2,7,9-10,14-15H2,1H3. The van der Waals surface area contributed by atoms with Crippen LogP contribution in [0.4, 0.5) is 13.2 Å². The molecule has 4 rings (SSSR count). The monoisotopic (exact) mass is 474 g/mol. The van der Waals surface area contributed by atoms with Gasteiger partial charge < -0.3 is 19.3 Å². The van der Waals surface area contributed by atoms with Gasteiger partial charge in [0, 0.05) is 34.6 Å². The van der Waals surface area contributed by atoms with Crippen LogP contribution in [0.5, 0.6) is 5.75 Å². The van der Waals surface area contributed by atoms with Crippen molar-refractivity contribution < 1.29 is 32.6 Å². The Morgan fingerprint density at radius 2 is 1.79 bits per heavy atom. The lowest BCUT2D eigenvalue weighted by atomic mass is 9.90. The van der Waals surface area contributed by atoms with Crippen LogP contribution in [0.25, 0.3) is 10.9 Å². The van der Waals surface area contributed by atoms with Gasteiger partial charge in [-0.05, 0) is 38.3 Å². The molecule has 0 atom stereocenters. The number of carbonyl (C=O) groups is 2. The highest BCUT2D eigenvalue weighted by Gasteiger charge is 2.46. The number of hydrogen-bond acceptors (Lipinski definition) is 4. The largest absolute Gasteiger partial charge is 0.508 e. The molecule has 0 bridgehead atoms. The van der Waals surface area contributed by atoms with E-state index in [4.69, 9.17) is 4.74 Å². The fourth-order valence-electron chi connectivity index (χ4n) is 4.35. The minimum Gasteiger partial charge on any atom is -0.508 e. The van der Waals surface area contributed by atoms with Crippen molar-refractivity contribution in [1.29, 1.82) is 0 Å². The smallest absolute Gasteiger partial charge is 0.471 e. The minimum atomic E-state index is -5.02. The molecule has 1 fully saturated rings. The van der Waals surface area contributed by atoms with Gasteiger partial charge in [0.25, 0.3) is 0 Å². The number of rotatable bonds is 7. The van der Waals surface area contributed by atoms with Crippen molar-refractivity contribution in [3.8, 4) is 5.75 Å². The molecule has 0 saturated heterocycles. The highest BCUT2D eigenvalue weighted by Crippen LogP contribution is 2.35. The number of halogens is 3. The minimum absolute atomic E-state index is 0.0278. The Kier molecular flexibility index (Phi) is 6.54. The summed E-state index contributed by atoms with van der Waals surface area (Å²) < 4.78 is 47.2. The average molecular weight is 474 g/mol. The molecule has 1 N–H and O–H groups in total. The van der Waals surface area contributed by atoms with E-state index in [1.54, 1.807) is 54.0 Å². The van der Waals surface area contributed by atoms with Crippen LogP contribution in [-0.4, -0.2) is 45.3 Å². The number of aromatic nitrogens is 1. The van der Waals surface area contributed by atoms with Crippen LogP contribution < -0.4 is 0 Å². The van der Waals surface area contributed by atoms with Crippen LogP contribution in [0.2, 0.25) is 0 Å². The average Bonchev–Trinajstić information content (AvgIpc) is 3.06. The molecular formula is C25H25F3N2O4. The Morgan fingerprint density at radius 1 is 1.12 bits per heavy atom. The lowest BCUT2D eigenvalue weighted by molar-refractivity contribution is -0.190. The number of carbonyl (C=O) groups excluding carboxylic acids is 2. The molecule has 1 aliphatic carbocycles. The molecule has 1 aliphatic rings. The first-order valence-electron chi connectivity index (χ1n) is 11.1. The molecule has 0 aliphatic heterocycles. The number of amides is 1. The van der Waals surface area contributed by atoms with Crippen molar-refractivity contribution in [2.24, 2.45) is 0 Å². The summed E-state index contributed by atoms with van der Waals surface area (Å²) in [6.07, 6.45) is -3.32. The second kappa shape index (κ2) is 9.40. The number of benzene rings is 2. The van der Waals surface area contributed by atoms with Gasteiger partial charge in [-0.15, -0.1) is 0 Å². The number of esters is 1. The van der Waals surface area contributed by atoms with Crippen LogP contribution in [0, 0.1) is 0 Å². The number of phenols is 1. The number of para-hydroxylation sites is 2. The molecule has 3 aromatic rings. The molecule has 1 heterocycles. The first kappa shape index (κ1) is 23.7. The van der Waals surface area contributed by atoms with Gasteiger partial charge in [0.15, 0.2) is 0 Å². The van der Waals surface area contributed by atoms with Crippen LogP contribution >= 0.6 is 0 Å². The van der Waals surface area contributed by atoms with E-state index < -0.39 is 24.1 Å². The van der Waals surface area contributed by atoms with E-state index in [2.05, 4.69) is 0 Å². The van der Waals surface area contributed by atoms with E-state index >= 15 is 0 Å². The van der Waals surface area contributed by atoms with Crippen LogP contribution in [0.3, 0.4) is 0 Å². The number of ether oxygens (including phenoxy) is 1. The molecule has 6 nitrogen and oxygen atoms in total. The summed E-state index contributed by atoms with van der Waals surface area (Å²) in [7, 11) is 0. The quantitative estimate of drug-likeness (QED) is 0.489. The molecule has 0 spiro atoms. The molecule has 9 heteroatoms. The Bertz CT molecular complexity index is 1210. The zero-order chi connectivity index (χ0) is 24.5. The van der Waals surface area contributed by atoms with E-state index in [0.717, 1.165) is 11.3 Å². The third-order valence-corrected chi connectivity index (χ3v) is 6.21. The molecule has 34 heavy (non-hydrogen) atoms. The number of aromatic hydroxyl groups is 1. The van der Waals surface area contributed by atoms with E-state index in [-0.39, 0.29) is 31.1 Å². The second-order valence-electron chi connectivity index (χ2n) is 8.30. The number of fused-ring (bicyclic) bond motifs is 1. The molecule has 180 valence electrons. The van der Waals surface area contributed by atoms with Crippen molar-refractivity contribution in [3.05, 3.63) is 65.4 Å². The summed E-state index contributed by atoms with van der Waals surface area (Å²) in [5.41, 5.74) is 1.50. The summed E-state index contributed by atoms with van der Waals surface area (Å²) in [6, 6.07) is 13.0. The topological polar surface area (TPSA) is 71.8 Å². The molecule has 1 saturated carbocycles. The van der Waals surface area contributed by atoms with Crippen molar-refractivity contribution >= 4 is 22.8 Å². The zero-order valence-corrected chi connectivity index (χ0v) is 18.6. The third-order valence-electron chi connectivity index (χ3n) is 6.21. The maximum Gasteiger partial charge on any atom is 0.471 e. The highest BCUT2D eigenvalue weighted by atomic mass is 19.4. The van der Waals surface area contributed by atoms with Gasteiger partial charge in [0.1, 0.15) is 11.4 Å². The summed E-state index contributed by atoms with van der Waals surface area (Å²) in [4.78, 5) is 26.3. The van der Waals surface area contributed by atoms with Crippen molar-refractivity contribution in [1.82, 2.24) is 9.47 Å². The summed E-state index contributed by atoms with van der Waals surface area (Å²) in [5, 5.41) is 10.9. The predicted octanol–water partition coefficient (Wildman–Crippen LogP) is 5.02. The Labute approximate surface area is 194 Å². The first-order chi connectivity index (χ1) is 16.2. The second-order valence-corrected chi connectivity index (χ2v) is 8.30. The zero-order valence-electron chi connectivity index (χ0n) is 18.6. The fourth-order valence-corrected chi connectivity index (χ4v) is 4.35. The van der Waals surface area contributed by atoms with Gasteiger partial charge in [0.05, 0.1) is 13.2 Å². The van der Waals surface area contributed by atoms with Gasteiger partial charge in [-0.25, -0.2) is 4.79 Å². The van der Waals surface area contributed by atoms with E-state index in [9.17, 15) is 27.9 Å². The number of phenolic OH excluding ortho intramolecular Hbond substituents is 1. The van der Waals surface area contributed by atoms with Crippen LogP contribution in [0.1, 0.15) is 47.8 Å². The fraction of sp³-hybridized carbons (Fsp3) is 0.360. The summed E-state index contributed by atoms with van der Waals surface area (Å²) in [5.74, 6) is -2.58. The van der Waals surface area contributed by atoms with Crippen LogP contribution in [-0.2, 0) is 22.6 Å². The van der Waals surface area contributed by atoms with Gasteiger partial charge in [-0.3, -0.25) is 4.79 Å². The van der Waals surface area contributed by atoms with Gasteiger partial charge >= 0.3 is 18.1 Å². The molecule has 0 unspecified atom stereocenters. The van der Waals surface area contributed by atoms with E-state index in [1.165, 1.54) is 6.07 Å². The Morgan fingerprint density at radius 3 is 2.41 bits per heavy atom. The first-order valence-corrected chi connectivity index (χ1v) is 11.1. The number of hydrogen-bond donors (Lipinski definition) is 1. The Balaban J connectivity index is 1.88. The third kappa shape index (κ3) is 4.47. The molecule has 1 aromatic heterocycles. The van der Waals surface area contributed by atoms with Crippen molar-refractivity contribution in [3.63, 3.8) is 0 Å². The normalized spacial score (nSPS) is 14.1. The Hall–Kier alpha value is -3.49. The molecular weight excluding hydrogens is 449 g/mol. The van der Waals surface area contributed by atoms with E-state index in [0.29, 0.717) is 34.9 Å². The lowest BCUT2D eigenvalue weighted by Gasteiger charge is -2.38. The lowest BCUT2D eigenvalue weighted by Crippen LogP contribution is -2.49. The van der Waals surface area contributed by atoms with E-state index in [1.807, 2.05) is 0 Å². The highest BCUT2D eigenvalue weighted by molar-refractivity contribution is 5.99. The predicted molar refractivity (Wildman–Crippen MR) is 119 cm³/mol. The number of nitrogens with zero attached hydrogens (tertiary/aromatic N) is 2.